The second-order valence-corrected chi connectivity index (χ2v) is 5.72. The fourth-order valence-corrected chi connectivity index (χ4v) is 2.43. The number of nitrogens with zero attached hydrogens (tertiary/aromatic N) is 2. The second kappa shape index (κ2) is 10.2. The molecule has 0 fully saturated rings. The highest BCUT2D eigenvalue weighted by atomic mass is 19.4. The summed E-state index contributed by atoms with van der Waals surface area (Å²) in [6.07, 6.45) is -4.42. The first-order chi connectivity index (χ1) is 12.2. The SMILES string of the molecule is CCN(CC)CCN(CCC(=O)OC)C(=O)c1ccc(C(F)(F)F)cc1. The maximum Gasteiger partial charge on any atom is 0.416 e. The van der Waals surface area contributed by atoms with Crippen LogP contribution in [0.2, 0.25) is 0 Å². The molecule has 0 saturated heterocycles. The number of hydrogen-bond donors (Lipinski definition) is 0. The van der Waals surface area contributed by atoms with Gasteiger partial charge in [0, 0.05) is 25.2 Å². The summed E-state index contributed by atoms with van der Waals surface area (Å²) in [5.74, 6) is -0.854. The van der Waals surface area contributed by atoms with Crippen LogP contribution >= 0.6 is 0 Å². The Bertz CT molecular complexity index is 584. The highest BCUT2D eigenvalue weighted by Crippen LogP contribution is 2.29. The van der Waals surface area contributed by atoms with Gasteiger partial charge in [-0.25, -0.2) is 0 Å². The Morgan fingerprint density at radius 1 is 1.00 bits per heavy atom. The van der Waals surface area contributed by atoms with Gasteiger partial charge >= 0.3 is 12.1 Å². The summed E-state index contributed by atoms with van der Waals surface area (Å²) >= 11 is 0. The molecular formula is C18H25F3N2O3. The number of hydrogen-bond acceptors (Lipinski definition) is 4. The minimum Gasteiger partial charge on any atom is -0.469 e. The zero-order valence-corrected chi connectivity index (χ0v) is 15.3. The molecule has 146 valence electrons. The number of benzene rings is 1. The van der Waals surface area contributed by atoms with Gasteiger partial charge < -0.3 is 14.5 Å². The first kappa shape index (κ1) is 22.0. The average molecular weight is 374 g/mol. The lowest BCUT2D eigenvalue weighted by Gasteiger charge is -2.26. The largest absolute Gasteiger partial charge is 0.469 e. The molecule has 0 aliphatic rings. The minimum atomic E-state index is -4.45. The molecule has 8 heteroatoms. The van der Waals surface area contributed by atoms with Crippen molar-refractivity contribution in [2.45, 2.75) is 26.4 Å². The highest BCUT2D eigenvalue weighted by molar-refractivity contribution is 5.94. The van der Waals surface area contributed by atoms with Crippen molar-refractivity contribution >= 4 is 11.9 Å². The smallest absolute Gasteiger partial charge is 0.416 e. The van der Waals surface area contributed by atoms with Crippen LogP contribution in [-0.4, -0.2) is 61.5 Å². The second-order valence-electron chi connectivity index (χ2n) is 5.72. The molecule has 0 atom stereocenters. The molecule has 0 unspecified atom stereocenters. The number of amides is 1. The van der Waals surface area contributed by atoms with Crippen molar-refractivity contribution in [1.82, 2.24) is 9.80 Å². The molecule has 0 radical (unpaired) electrons. The summed E-state index contributed by atoms with van der Waals surface area (Å²) in [6, 6.07) is 4.09. The van der Waals surface area contributed by atoms with Crippen LogP contribution in [0.25, 0.3) is 0 Å². The minimum absolute atomic E-state index is 0.0289. The molecule has 0 spiro atoms. The fraction of sp³-hybridized carbons (Fsp3) is 0.556. The quantitative estimate of drug-likeness (QED) is 0.624. The number of carbonyl (C=O) groups excluding carboxylic acids is 2. The summed E-state index contributed by atoms with van der Waals surface area (Å²) in [7, 11) is 1.26. The van der Waals surface area contributed by atoms with Crippen LogP contribution in [0.1, 0.15) is 36.2 Å². The van der Waals surface area contributed by atoms with Crippen LogP contribution < -0.4 is 0 Å². The molecule has 1 rings (SSSR count). The normalized spacial score (nSPS) is 11.5. The first-order valence-electron chi connectivity index (χ1n) is 8.48. The predicted molar refractivity (Wildman–Crippen MR) is 91.8 cm³/mol. The molecule has 1 amide bonds. The summed E-state index contributed by atoms with van der Waals surface area (Å²) in [5, 5.41) is 0. The molecule has 0 aliphatic heterocycles. The summed E-state index contributed by atoms with van der Waals surface area (Å²) in [4.78, 5) is 27.6. The molecule has 1 aromatic carbocycles. The van der Waals surface area contributed by atoms with Gasteiger partial charge in [0.2, 0.25) is 0 Å². The van der Waals surface area contributed by atoms with Gasteiger partial charge in [0.1, 0.15) is 0 Å². The number of ether oxygens (including phenoxy) is 1. The van der Waals surface area contributed by atoms with Crippen molar-refractivity contribution in [1.29, 1.82) is 0 Å². The topological polar surface area (TPSA) is 49.9 Å². The Labute approximate surface area is 151 Å². The Morgan fingerprint density at radius 2 is 1.58 bits per heavy atom. The van der Waals surface area contributed by atoms with Gasteiger partial charge in [0.15, 0.2) is 0 Å². The zero-order chi connectivity index (χ0) is 19.7. The molecule has 5 nitrogen and oxygen atoms in total. The number of methoxy groups -OCH3 is 1. The van der Waals surface area contributed by atoms with Crippen molar-refractivity contribution in [2.24, 2.45) is 0 Å². The number of halogens is 3. The van der Waals surface area contributed by atoms with Gasteiger partial charge in [-0.15, -0.1) is 0 Å². The van der Waals surface area contributed by atoms with Crippen LogP contribution in [0.15, 0.2) is 24.3 Å². The van der Waals surface area contributed by atoms with E-state index in [2.05, 4.69) is 9.64 Å². The van der Waals surface area contributed by atoms with Crippen LogP contribution in [0.5, 0.6) is 0 Å². The van der Waals surface area contributed by atoms with Gasteiger partial charge in [-0.2, -0.15) is 13.2 Å². The van der Waals surface area contributed by atoms with Crippen LogP contribution in [-0.2, 0) is 15.7 Å². The Kier molecular flexibility index (Phi) is 8.57. The number of esters is 1. The highest BCUT2D eigenvalue weighted by Gasteiger charge is 2.30. The van der Waals surface area contributed by atoms with Gasteiger partial charge in [0.25, 0.3) is 5.91 Å². The lowest BCUT2D eigenvalue weighted by molar-refractivity contribution is -0.141. The number of likely N-dealkylation sites (N-methyl/N-ethyl adjacent to an activating group) is 1. The van der Waals surface area contributed by atoms with Crippen molar-refractivity contribution in [3.05, 3.63) is 35.4 Å². The number of rotatable bonds is 9. The third kappa shape index (κ3) is 6.67. The van der Waals surface area contributed by atoms with E-state index < -0.39 is 23.6 Å². The molecule has 0 aromatic heterocycles. The van der Waals surface area contributed by atoms with Crippen LogP contribution in [0.4, 0.5) is 13.2 Å². The van der Waals surface area contributed by atoms with E-state index in [-0.39, 0.29) is 18.5 Å². The van der Waals surface area contributed by atoms with E-state index in [9.17, 15) is 22.8 Å². The molecular weight excluding hydrogens is 349 g/mol. The van der Waals surface area contributed by atoms with Crippen LogP contribution in [0, 0.1) is 0 Å². The van der Waals surface area contributed by atoms with Gasteiger partial charge in [-0.05, 0) is 37.4 Å². The lowest BCUT2D eigenvalue weighted by atomic mass is 10.1. The van der Waals surface area contributed by atoms with E-state index in [1.165, 1.54) is 12.0 Å². The Morgan fingerprint density at radius 3 is 2.04 bits per heavy atom. The van der Waals surface area contributed by atoms with E-state index in [1.807, 2.05) is 13.8 Å². The van der Waals surface area contributed by atoms with Crippen molar-refractivity contribution in [3.63, 3.8) is 0 Å². The first-order valence-corrected chi connectivity index (χ1v) is 8.48. The molecule has 0 heterocycles. The molecule has 1 aromatic rings. The zero-order valence-electron chi connectivity index (χ0n) is 15.3. The lowest BCUT2D eigenvalue weighted by Crippen LogP contribution is -2.40. The van der Waals surface area contributed by atoms with Gasteiger partial charge in [-0.3, -0.25) is 9.59 Å². The predicted octanol–water partition coefficient (Wildman–Crippen LogP) is 3.05. The van der Waals surface area contributed by atoms with Crippen molar-refractivity contribution < 1.29 is 27.5 Å². The average Bonchev–Trinajstić information content (AvgIpc) is 2.63. The summed E-state index contributed by atoms with van der Waals surface area (Å²) in [5.41, 5.74) is -0.652. The van der Waals surface area contributed by atoms with Crippen LogP contribution in [0.3, 0.4) is 0 Å². The monoisotopic (exact) mass is 374 g/mol. The summed E-state index contributed by atoms with van der Waals surface area (Å²) in [6.45, 7) is 6.76. The number of carbonyl (C=O) groups is 2. The van der Waals surface area contributed by atoms with E-state index in [4.69, 9.17) is 0 Å². The molecule has 0 bridgehead atoms. The Balaban J connectivity index is 2.89. The van der Waals surface area contributed by atoms with E-state index >= 15 is 0 Å². The maximum atomic E-state index is 12.7. The van der Waals surface area contributed by atoms with Crippen molar-refractivity contribution in [2.75, 3.05) is 39.8 Å². The van der Waals surface area contributed by atoms with Gasteiger partial charge in [-0.1, -0.05) is 13.8 Å². The van der Waals surface area contributed by atoms with Gasteiger partial charge in [0.05, 0.1) is 19.1 Å². The molecule has 0 N–H and O–H groups in total. The molecule has 26 heavy (non-hydrogen) atoms. The molecule has 0 saturated carbocycles. The maximum absolute atomic E-state index is 12.7. The third-order valence-corrected chi connectivity index (χ3v) is 4.14. The van der Waals surface area contributed by atoms with E-state index in [0.29, 0.717) is 13.1 Å². The number of alkyl halides is 3. The van der Waals surface area contributed by atoms with E-state index in [1.54, 1.807) is 0 Å². The van der Waals surface area contributed by atoms with E-state index in [0.717, 1.165) is 37.4 Å². The van der Waals surface area contributed by atoms with Crippen molar-refractivity contribution in [3.8, 4) is 0 Å². The third-order valence-electron chi connectivity index (χ3n) is 4.14. The fourth-order valence-electron chi connectivity index (χ4n) is 2.43. The molecule has 0 aliphatic carbocycles. The Hall–Kier alpha value is -2.09. The summed E-state index contributed by atoms with van der Waals surface area (Å²) < 4.78 is 42.6. The standard InChI is InChI=1S/C18H25F3N2O3/c1-4-22(5-2)12-13-23(11-10-16(24)26-3)17(25)14-6-8-15(9-7-14)18(19,20)21/h6-9H,4-5,10-13H2,1-3H3.